The van der Waals surface area contributed by atoms with Crippen molar-refractivity contribution in [3.63, 3.8) is 0 Å². The molecule has 0 N–H and O–H groups in total. The second-order valence-corrected chi connectivity index (χ2v) is 5.80. The van der Waals surface area contributed by atoms with E-state index in [2.05, 4.69) is 0 Å². The molecule has 0 aromatic heterocycles. The van der Waals surface area contributed by atoms with E-state index in [-0.39, 0.29) is 0 Å². The number of hydrogen-bond acceptors (Lipinski definition) is 5. The molecule has 0 bridgehead atoms. The molecule has 0 heterocycles. The van der Waals surface area contributed by atoms with Crippen LogP contribution in [-0.4, -0.2) is 19.0 Å². The maximum Gasteiger partial charge on any atom is 0.308 e. The highest BCUT2D eigenvalue weighted by atomic mass is 16.5. The predicted octanol–water partition coefficient (Wildman–Crippen LogP) is 4.14. The first-order valence-corrected chi connectivity index (χ1v) is 7.91. The van der Waals surface area contributed by atoms with Crippen molar-refractivity contribution in [3.05, 3.63) is 41.0 Å². The van der Waals surface area contributed by atoms with E-state index in [1.807, 2.05) is 45.0 Å². The Morgan fingerprint density at radius 2 is 1.32 bits per heavy atom. The Morgan fingerprint density at radius 3 is 1.88 bits per heavy atom. The summed E-state index contributed by atoms with van der Waals surface area (Å²) < 4.78 is 16.4. The van der Waals surface area contributed by atoms with Crippen molar-refractivity contribution in [2.45, 2.75) is 34.6 Å². The number of ether oxygens (including phenoxy) is 3. The second kappa shape index (κ2) is 7.38. The Bertz CT molecular complexity index is 836. The third-order valence-corrected chi connectivity index (χ3v) is 4.05. The summed E-state index contributed by atoms with van der Waals surface area (Å²) in [5.74, 6) is 0.732. The van der Waals surface area contributed by atoms with E-state index in [1.165, 1.54) is 13.8 Å². The van der Waals surface area contributed by atoms with E-state index in [4.69, 9.17) is 14.2 Å². The van der Waals surface area contributed by atoms with E-state index < -0.39 is 11.9 Å². The molecule has 0 fully saturated rings. The Labute approximate surface area is 147 Å². The van der Waals surface area contributed by atoms with Crippen LogP contribution in [0, 0.1) is 20.8 Å². The van der Waals surface area contributed by atoms with Gasteiger partial charge in [-0.2, -0.15) is 0 Å². The minimum absolute atomic E-state index is 0.406. The smallest absolute Gasteiger partial charge is 0.308 e. The summed E-state index contributed by atoms with van der Waals surface area (Å²) >= 11 is 0. The number of carbonyl (C=O) groups is 2. The molecule has 0 aliphatic heterocycles. The van der Waals surface area contributed by atoms with Gasteiger partial charge in [0.15, 0.2) is 0 Å². The Morgan fingerprint density at radius 1 is 0.800 bits per heavy atom. The number of esters is 2. The lowest BCUT2D eigenvalue weighted by Crippen LogP contribution is -2.10. The van der Waals surface area contributed by atoms with Gasteiger partial charge in [-0.3, -0.25) is 9.59 Å². The molecule has 0 aliphatic rings. The molecule has 0 saturated heterocycles. The minimum atomic E-state index is -0.418. The predicted molar refractivity (Wildman–Crippen MR) is 95.3 cm³/mol. The standard InChI is InChI=1S/C20H22O5/c1-11-12(2)20(25-15(5)22)18(13(3)19(11)24-14(4)21)16-9-7-8-10-17(16)23-6/h7-10H,1-6H3. The number of carbonyl (C=O) groups excluding carboxylic acids is 2. The topological polar surface area (TPSA) is 61.8 Å². The van der Waals surface area contributed by atoms with E-state index in [0.717, 1.165) is 16.7 Å². The maximum atomic E-state index is 11.6. The zero-order valence-electron chi connectivity index (χ0n) is 15.4. The zero-order valence-corrected chi connectivity index (χ0v) is 15.4. The van der Waals surface area contributed by atoms with Gasteiger partial charge in [-0.1, -0.05) is 18.2 Å². The SMILES string of the molecule is COc1ccccc1-c1c(C)c(OC(C)=O)c(C)c(C)c1OC(C)=O. The third-order valence-electron chi connectivity index (χ3n) is 4.05. The molecule has 0 radical (unpaired) electrons. The number of rotatable bonds is 4. The molecular formula is C20H22O5. The molecule has 0 atom stereocenters. The molecule has 25 heavy (non-hydrogen) atoms. The Balaban J connectivity index is 2.89. The van der Waals surface area contributed by atoms with Crippen molar-refractivity contribution in [1.82, 2.24) is 0 Å². The minimum Gasteiger partial charge on any atom is -0.496 e. The van der Waals surface area contributed by atoms with Gasteiger partial charge in [0.25, 0.3) is 0 Å². The highest BCUT2D eigenvalue weighted by molar-refractivity contribution is 5.86. The van der Waals surface area contributed by atoms with Crippen molar-refractivity contribution >= 4 is 11.9 Å². The summed E-state index contributed by atoms with van der Waals surface area (Å²) in [6.07, 6.45) is 0. The highest BCUT2D eigenvalue weighted by Crippen LogP contribution is 2.46. The largest absolute Gasteiger partial charge is 0.496 e. The molecule has 0 saturated carbocycles. The summed E-state index contributed by atoms with van der Waals surface area (Å²) in [6, 6.07) is 7.43. The monoisotopic (exact) mass is 342 g/mol. The molecule has 0 unspecified atom stereocenters. The first kappa shape index (κ1) is 18.5. The number of methoxy groups -OCH3 is 1. The van der Waals surface area contributed by atoms with Gasteiger partial charge in [-0.05, 0) is 38.0 Å². The van der Waals surface area contributed by atoms with Crippen LogP contribution in [0.25, 0.3) is 11.1 Å². The normalized spacial score (nSPS) is 10.3. The fourth-order valence-electron chi connectivity index (χ4n) is 2.84. The average molecular weight is 342 g/mol. The van der Waals surface area contributed by atoms with E-state index in [0.29, 0.717) is 28.4 Å². The Hall–Kier alpha value is -2.82. The van der Waals surface area contributed by atoms with E-state index in [9.17, 15) is 9.59 Å². The summed E-state index contributed by atoms with van der Waals surface area (Å²) in [5.41, 5.74) is 3.63. The van der Waals surface area contributed by atoms with Crippen LogP contribution in [0.1, 0.15) is 30.5 Å². The first-order chi connectivity index (χ1) is 11.8. The lowest BCUT2D eigenvalue weighted by atomic mass is 9.92. The van der Waals surface area contributed by atoms with Crippen molar-refractivity contribution in [1.29, 1.82) is 0 Å². The van der Waals surface area contributed by atoms with E-state index >= 15 is 0 Å². The summed E-state index contributed by atoms with van der Waals surface area (Å²) in [4.78, 5) is 23.2. The summed E-state index contributed by atoms with van der Waals surface area (Å²) in [7, 11) is 1.58. The molecule has 5 nitrogen and oxygen atoms in total. The molecular weight excluding hydrogens is 320 g/mol. The van der Waals surface area contributed by atoms with Crippen LogP contribution in [-0.2, 0) is 9.59 Å². The number of hydrogen-bond donors (Lipinski definition) is 0. The van der Waals surface area contributed by atoms with Crippen LogP contribution >= 0.6 is 0 Å². The molecule has 0 spiro atoms. The molecule has 0 aliphatic carbocycles. The van der Waals surface area contributed by atoms with Crippen LogP contribution in [0.4, 0.5) is 0 Å². The van der Waals surface area contributed by atoms with Crippen LogP contribution in [0.15, 0.2) is 24.3 Å². The van der Waals surface area contributed by atoms with Crippen molar-refractivity contribution < 1.29 is 23.8 Å². The van der Waals surface area contributed by atoms with Gasteiger partial charge in [0, 0.05) is 30.5 Å². The average Bonchev–Trinajstić information content (AvgIpc) is 2.56. The lowest BCUT2D eigenvalue weighted by Gasteiger charge is -2.22. The summed E-state index contributed by atoms with van der Waals surface area (Å²) in [6.45, 7) is 8.21. The van der Waals surface area contributed by atoms with Gasteiger partial charge in [0.05, 0.1) is 7.11 Å². The molecule has 2 aromatic carbocycles. The van der Waals surface area contributed by atoms with Gasteiger partial charge in [-0.15, -0.1) is 0 Å². The number of benzene rings is 2. The van der Waals surface area contributed by atoms with E-state index in [1.54, 1.807) is 7.11 Å². The van der Waals surface area contributed by atoms with Crippen LogP contribution in [0.5, 0.6) is 17.2 Å². The van der Waals surface area contributed by atoms with Gasteiger partial charge in [0.2, 0.25) is 0 Å². The second-order valence-electron chi connectivity index (χ2n) is 5.80. The summed E-state index contributed by atoms with van der Waals surface area (Å²) in [5, 5.41) is 0. The van der Waals surface area contributed by atoms with Crippen molar-refractivity contribution in [2.75, 3.05) is 7.11 Å². The van der Waals surface area contributed by atoms with Gasteiger partial charge in [-0.25, -0.2) is 0 Å². The quantitative estimate of drug-likeness (QED) is 0.617. The number of para-hydroxylation sites is 1. The molecule has 5 heteroatoms. The van der Waals surface area contributed by atoms with Crippen molar-refractivity contribution in [3.8, 4) is 28.4 Å². The lowest BCUT2D eigenvalue weighted by molar-refractivity contribution is -0.133. The van der Waals surface area contributed by atoms with Crippen LogP contribution in [0.3, 0.4) is 0 Å². The fraction of sp³-hybridized carbons (Fsp3) is 0.300. The maximum absolute atomic E-state index is 11.6. The van der Waals surface area contributed by atoms with Crippen LogP contribution in [0.2, 0.25) is 0 Å². The molecule has 0 amide bonds. The molecule has 2 rings (SSSR count). The van der Waals surface area contributed by atoms with Crippen molar-refractivity contribution in [2.24, 2.45) is 0 Å². The third kappa shape index (κ3) is 3.65. The molecule has 2 aromatic rings. The molecule has 132 valence electrons. The van der Waals surface area contributed by atoms with Gasteiger partial charge < -0.3 is 14.2 Å². The fourth-order valence-corrected chi connectivity index (χ4v) is 2.84. The highest BCUT2D eigenvalue weighted by Gasteiger charge is 2.24. The van der Waals surface area contributed by atoms with Gasteiger partial charge in [0.1, 0.15) is 17.2 Å². The van der Waals surface area contributed by atoms with Crippen LogP contribution < -0.4 is 14.2 Å². The van der Waals surface area contributed by atoms with Gasteiger partial charge >= 0.3 is 11.9 Å². The first-order valence-electron chi connectivity index (χ1n) is 7.91. The Kier molecular flexibility index (Phi) is 5.47. The zero-order chi connectivity index (χ0) is 18.7.